The lowest BCUT2D eigenvalue weighted by Gasteiger charge is -2.07. The Morgan fingerprint density at radius 2 is 1.60 bits per heavy atom. The largest absolute Gasteiger partial charge is 0.491 e. The summed E-state index contributed by atoms with van der Waals surface area (Å²) in [6.45, 7) is 4.23. The van der Waals surface area contributed by atoms with Crippen LogP contribution in [0.2, 0.25) is 0 Å². The van der Waals surface area contributed by atoms with Gasteiger partial charge in [0.05, 0.1) is 29.8 Å². The van der Waals surface area contributed by atoms with Gasteiger partial charge >= 0.3 is 10.4 Å². The maximum absolute atomic E-state index is 9.56. The molecule has 3 rings (SSSR count). The van der Waals surface area contributed by atoms with E-state index < -0.39 is 10.4 Å². The zero-order valence-electron chi connectivity index (χ0n) is 14.0. The molecule has 0 amide bonds. The Morgan fingerprint density at radius 1 is 0.960 bits per heavy atom. The van der Waals surface area contributed by atoms with Gasteiger partial charge in [0.15, 0.2) is 0 Å². The van der Waals surface area contributed by atoms with Crippen LogP contribution in [0.5, 0.6) is 5.75 Å². The number of aromatic nitrogens is 2. The van der Waals surface area contributed by atoms with E-state index in [9.17, 15) is 8.42 Å². The van der Waals surface area contributed by atoms with E-state index in [1.54, 1.807) is 0 Å². The Bertz CT molecular complexity index is 944. The molecule has 0 atom stereocenters. The molecule has 0 unspecified atom stereocenters. The first-order valence-electron chi connectivity index (χ1n) is 7.84. The highest BCUT2D eigenvalue weighted by Crippen LogP contribution is 2.24. The van der Waals surface area contributed by atoms with E-state index in [1.807, 2.05) is 42.5 Å². The van der Waals surface area contributed by atoms with Gasteiger partial charge in [0.25, 0.3) is 0 Å². The molecule has 0 spiro atoms. The molecule has 134 valence electrons. The van der Waals surface area contributed by atoms with E-state index in [-0.39, 0.29) is 6.61 Å². The van der Waals surface area contributed by atoms with E-state index in [0.29, 0.717) is 6.61 Å². The van der Waals surface area contributed by atoms with Crippen molar-refractivity contribution in [3.8, 4) is 5.75 Å². The predicted molar refractivity (Wildman–Crippen MR) is 96.0 cm³/mol. The number of para-hydroxylation sites is 3. The SMILES string of the molecule is CCCOc1cccc2nc3ccccc3nc12.CCOS(=O)(=O)O. The van der Waals surface area contributed by atoms with Gasteiger partial charge in [-0.2, -0.15) is 8.42 Å². The topological polar surface area (TPSA) is 98.6 Å². The number of benzene rings is 2. The molecule has 0 aliphatic rings. The molecular weight excluding hydrogens is 344 g/mol. The van der Waals surface area contributed by atoms with Crippen LogP contribution in [0.3, 0.4) is 0 Å². The average Bonchev–Trinajstić information content (AvgIpc) is 2.57. The number of rotatable bonds is 5. The van der Waals surface area contributed by atoms with Crippen LogP contribution in [-0.4, -0.2) is 36.2 Å². The van der Waals surface area contributed by atoms with Crippen molar-refractivity contribution in [1.82, 2.24) is 9.97 Å². The van der Waals surface area contributed by atoms with Gasteiger partial charge in [0.2, 0.25) is 0 Å². The van der Waals surface area contributed by atoms with Crippen LogP contribution in [0, 0.1) is 0 Å². The second kappa shape index (κ2) is 8.70. The molecule has 0 aliphatic carbocycles. The van der Waals surface area contributed by atoms with Crippen LogP contribution >= 0.6 is 0 Å². The number of hydrogen-bond acceptors (Lipinski definition) is 6. The van der Waals surface area contributed by atoms with Gasteiger partial charge in [0, 0.05) is 0 Å². The standard InChI is InChI=1S/C15H14N2O.C2H6O4S/c1-2-10-18-14-9-5-8-13-15(14)17-12-7-4-3-6-11(12)16-13;1-2-6-7(3,4)5/h3-9H,2,10H2,1H3;2H2,1H3,(H,3,4,5). The van der Waals surface area contributed by atoms with Crippen LogP contribution in [0.4, 0.5) is 0 Å². The van der Waals surface area contributed by atoms with Crippen LogP contribution in [0.25, 0.3) is 22.1 Å². The Balaban J connectivity index is 0.000000277. The van der Waals surface area contributed by atoms with Crippen LogP contribution in [0.15, 0.2) is 42.5 Å². The first-order chi connectivity index (χ1) is 11.9. The van der Waals surface area contributed by atoms with Gasteiger partial charge in [-0.3, -0.25) is 4.55 Å². The van der Waals surface area contributed by atoms with E-state index in [2.05, 4.69) is 21.1 Å². The van der Waals surface area contributed by atoms with Crippen molar-refractivity contribution < 1.29 is 21.9 Å². The fraction of sp³-hybridized carbons (Fsp3) is 0.294. The van der Waals surface area contributed by atoms with Gasteiger partial charge < -0.3 is 4.74 Å². The van der Waals surface area contributed by atoms with Crippen LogP contribution in [0.1, 0.15) is 20.3 Å². The first-order valence-corrected chi connectivity index (χ1v) is 9.21. The van der Waals surface area contributed by atoms with E-state index in [0.717, 1.165) is 34.2 Å². The first kappa shape index (κ1) is 19.0. The zero-order chi connectivity index (χ0) is 18.3. The summed E-state index contributed by atoms with van der Waals surface area (Å²) in [6, 6.07) is 13.8. The summed E-state index contributed by atoms with van der Waals surface area (Å²) in [5, 5.41) is 0. The van der Waals surface area contributed by atoms with Gasteiger partial charge in [-0.25, -0.2) is 14.2 Å². The van der Waals surface area contributed by atoms with Crippen molar-refractivity contribution in [3.63, 3.8) is 0 Å². The molecule has 1 heterocycles. The lowest BCUT2D eigenvalue weighted by atomic mass is 10.2. The van der Waals surface area contributed by atoms with Crippen LogP contribution < -0.4 is 4.74 Å². The summed E-state index contributed by atoms with van der Waals surface area (Å²) in [4.78, 5) is 9.25. The Morgan fingerprint density at radius 3 is 2.16 bits per heavy atom. The molecule has 1 aromatic heterocycles. The highest BCUT2D eigenvalue weighted by atomic mass is 32.3. The molecule has 8 heteroatoms. The maximum Gasteiger partial charge on any atom is 0.397 e. The molecule has 25 heavy (non-hydrogen) atoms. The molecular formula is C17H20N2O5S. The summed E-state index contributed by atoms with van der Waals surface area (Å²) < 4.78 is 36.4. The van der Waals surface area contributed by atoms with Gasteiger partial charge in [-0.05, 0) is 37.6 Å². The summed E-state index contributed by atoms with van der Waals surface area (Å²) in [7, 11) is -4.17. The number of hydrogen-bond donors (Lipinski definition) is 1. The number of nitrogens with zero attached hydrogens (tertiary/aromatic N) is 2. The number of fused-ring (bicyclic) bond motifs is 2. The number of ether oxygens (including phenoxy) is 1. The fourth-order valence-corrected chi connectivity index (χ4v) is 2.39. The minimum absolute atomic E-state index is 0.0289. The van der Waals surface area contributed by atoms with E-state index in [1.165, 1.54) is 6.92 Å². The third-order valence-corrected chi connectivity index (χ3v) is 3.59. The van der Waals surface area contributed by atoms with Crippen molar-refractivity contribution in [2.75, 3.05) is 13.2 Å². The quantitative estimate of drug-likeness (QED) is 0.547. The zero-order valence-corrected chi connectivity index (χ0v) is 14.9. The van der Waals surface area contributed by atoms with E-state index in [4.69, 9.17) is 9.29 Å². The Labute approximate surface area is 146 Å². The second-order valence-corrected chi connectivity index (χ2v) is 6.11. The molecule has 1 N–H and O–H groups in total. The molecule has 0 radical (unpaired) electrons. The summed E-state index contributed by atoms with van der Waals surface area (Å²) in [5.41, 5.74) is 3.53. The molecule has 0 saturated carbocycles. The molecule has 0 aliphatic heterocycles. The molecule has 0 bridgehead atoms. The molecule has 7 nitrogen and oxygen atoms in total. The average molecular weight is 364 g/mol. The molecule has 0 fully saturated rings. The summed E-state index contributed by atoms with van der Waals surface area (Å²) in [5.74, 6) is 0.813. The monoisotopic (exact) mass is 364 g/mol. The molecule has 3 aromatic rings. The molecule has 0 saturated heterocycles. The third-order valence-electron chi connectivity index (χ3n) is 3.06. The summed E-state index contributed by atoms with van der Waals surface area (Å²) >= 11 is 0. The van der Waals surface area contributed by atoms with Gasteiger partial charge in [0.1, 0.15) is 11.3 Å². The highest BCUT2D eigenvalue weighted by Gasteiger charge is 2.06. The second-order valence-electron chi connectivity index (χ2n) is 5.02. The van der Waals surface area contributed by atoms with Crippen molar-refractivity contribution in [1.29, 1.82) is 0 Å². The Kier molecular flexibility index (Phi) is 6.63. The smallest absolute Gasteiger partial charge is 0.397 e. The van der Waals surface area contributed by atoms with Crippen LogP contribution in [-0.2, 0) is 14.6 Å². The molecule has 2 aromatic carbocycles. The minimum Gasteiger partial charge on any atom is -0.491 e. The maximum atomic E-state index is 9.56. The normalized spacial score (nSPS) is 11.2. The lowest BCUT2D eigenvalue weighted by Crippen LogP contribution is -2.01. The van der Waals surface area contributed by atoms with Crippen molar-refractivity contribution in [2.45, 2.75) is 20.3 Å². The van der Waals surface area contributed by atoms with Crippen molar-refractivity contribution in [3.05, 3.63) is 42.5 Å². The van der Waals surface area contributed by atoms with E-state index >= 15 is 0 Å². The minimum atomic E-state index is -4.17. The third kappa shape index (κ3) is 5.63. The Hall–Kier alpha value is -2.29. The summed E-state index contributed by atoms with van der Waals surface area (Å²) in [6.07, 6.45) is 0.984. The van der Waals surface area contributed by atoms with Gasteiger partial charge in [-0.15, -0.1) is 0 Å². The van der Waals surface area contributed by atoms with Crippen molar-refractivity contribution >= 4 is 32.5 Å². The van der Waals surface area contributed by atoms with Crippen molar-refractivity contribution in [2.24, 2.45) is 0 Å². The fourth-order valence-electron chi connectivity index (χ4n) is 2.09. The lowest BCUT2D eigenvalue weighted by molar-refractivity contribution is 0.283. The van der Waals surface area contributed by atoms with Gasteiger partial charge in [-0.1, -0.05) is 25.1 Å². The predicted octanol–water partition coefficient (Wildman–Crippen LogP) is 3.40. The highest BCUT2D eigenvalue weighted by molar-refractivity contribution is 7.80.